The monoisotopic (exact) mass is 1050 g/mol. The Morgan fingerprint density at radius 1 is 0.321 bits per heavy atom. The van der Waals surface area contributed by atoms with Gasteiger partial charge in [0.25, 0.3) is 0 Å². The van der Waals surface area contributed by atoms with Gasteiger partial charge in [-0.15, -0.1) is 0 Å². The lowest BCUT2D eigenvalue weighted by Crippen LogP contribution is -2.27. The topological polar surface area (TPSA) is 0 Å². The van der Waals surface area contributed by atoms with Crippen molar-refractivity contribution in [3.8, 4) is 89.0 Å². The van der Waals surface area contributed by atoms with Crippen LogP contribution in [0.25, 0.3) is 111 Å². The normalized spacial score (nSPS) is 13.2. The minimum atomic E-state index is -0.309. The van der Waals surface area contributed by atoms with E-state index in [2.05, 4.69) is 275 Å². The second kappa shape index (κ2) is 20.5. The molecule has 400 valence electrons. The molecule has 0 atom stereocenters. The third kappa shape index (κ3) is 9.07. The number of hydrogen-bond donors (Lipinski definition) is 0. The van der Waals surface area contributed by atoms with Gasteiger partial charge in [-0.2, -0.15) is 0 Å². The minimum absolute atomic E-state index is 0.0691. The molecular formula is C81H76. The Labute approximate surface area is 482 Å². The van der Waals surface area contributed by atoms with Crippen molar-refractivity contribution in [1.29, 1.82) is 0 Å². The van der Waals surface area contributed by atoms with Gasteiger partial charge in [0, 0.05) is 5.41 Å². The molecule has 2 aliphatic rings. The van der Waals surface area contributed by atoms with Gasteiger partial charge >= 0.3 is 0 Å². The van der Waals surface area contributed by atoms with E-state index in [-0.39, 0.29) is 16.2 Å². The van der Waals surface area contributed by atoms with Crippen molar-refractivity contribution in [3.63, 3.8) is 0 Å². The molecule has 0 radical (unpaired) electrons. The highest BCUT2D eigenvalue weighted by Crippen LogP contribution is 2.61. The summed E-state index contributed by atoms with van der Waals surface area (Å²) in [6, 6.07) is 82.8. The molecule has 11 aromatic rings. The van der Waals surface area contributed by atoms with E-state index in [1.54, 1.807) is 0 Å². The molecule has 0 aromatic heterocycles. The molecule has 11 aromatic carbocycles. The highest BCUT2D eigenvalue weighted by atomic mass is 14.5. The van der Waals surface area contributed by atoms with E-state index in [1.807, 2.05) is 0 Å². The Hall–Kier alpha value is -8.06. The van der Waals surface area contributed by atoms with Gasteiger partial charge in [0.15, 0.2) is 0 Å². The largest absolute Gasteiger partial charge is 0.0654 e. The van der Waals surface area contributed by atoms with Crippen LogP contribution in [0.2, 0.25) is 0 Å². The molecule has 0 nitrogen and oxygen atoms in total. The fraction of sp³-hybridized carbons (Fsp3) is 0.235. The predicted molar refractivity (Wildman–Crippen MR) is 350 cm³/mol. The molecule has 0 saturated heterocycles. The predicted octanol–water partition coefficient (Wildman–Crippen LogP) is 23.3. The fourth-order valence-corrected chi connectivity index (χ4v) is 14.2. The van der Waals surface area contributed by atoms with E-state index in [0.717, 1.165) is 6.42 Å². The Morgan fingerprint density at radius 2 is 0.802 bits per heavy atom. The van der Waals surface area contributed by atoms with Crippen molar-refractivity contribution in [1.82, 2.24) is 0 Å². The molecule has 0 amide bonds. The Morgan fingerprint density at radius 3 is 1.35 bits per heavy atom. The van der Waals surface area contributed by atoms with Crippen LogP contribution >= 0.6 is 0 Å². The molecule has 81 heavy (non-hydrogen) atoms. The van der Waals surface area contributed by atoms with Crippen LogP contribution in [0.3, 0.4) is 0 Å². The molecule has 0 fully saturated rings. The summed E-state index contributed by atoms with van der Waals surface area (Å²) >= 11 is 0. The third-order valence-corrected chi connectivity index (χ3v) is 18.4. The van der Waals surface area contributed by atoms with Gasteiger partial charge in [0.2, 0.25) is 0 Å². The molecule has 13 rings (SSSR count). The second-order valence-corrected chi connectivity index (χ2v) is 25.9. The lowest BCUT2D eigenvalue weighted by atomic mass is 9.68. The van der Waals surface area contributed by atoms with E-state index in [0.29, 0.717) is 0 Å². The molecule has 0 heterocycles. The first-order valence-corrected chi connectivity index (χ1v) is 30.1. The molecule has 0 N–H and O–H groups in total. The summed E-state index contributed by atoms with van der Waals surface area (Å²) in [4.78, 5) is 0. The van der Waals surface area contributed by atoms with Crippen LogP contribution in [0.15, 0.2) is 212 Å². The van der Waals surface area contributed by atoms with Gasteiger partial charge in [0.05, 0.1) is 0 Å². The number of unbranched alkanes of at least 4 members (excludes halogenated alkanes) is 5. The first-order valence-electron chi connectivity index (χ1n) is 30.1. The van der Waals surface area contributed by atoms with E-state index in [9.17, 15) is 0 Å². The maximum Gasteiger partial charge on any atom is 0.0464 e. The number of aryl methyl sites for hydroxylation is 2. The zero-order valence-corrected chi connectivity index (χ0v) is 49.2. The maximum atomic E-state index is 2.66. The smallest absolute Gasteiger partial charge is 0.0464 e. The van der Waals surface area contributed by atoms with Gasteiger partial charge in [-0.1, -0.05) is 286 Å². The average Bonchev–Trinajstić information content (AvgIpc) is 2.26. The van der Waals surface area contributed by atoms with Crippen molar-refractivity contribution < 1.29 is 0 Å². The van der Waals surface area contributed by atoms with Crippen LogP contribution in [-0.4, -0.2) is 0 Å². The fourth-order valence-electron chi connectivity index (χ4n) is 14.2. The third-order valence-electron chi connectivity index (χ3n) is 18.4. The Bertz CT molecular complexity index is 4060. The van der Waals surface area contributed by atoms with E-state index in [4.69, 9.17) is 0 Å². The summed E-state index contributed by atoms with van der Waals surface area (Å²) in [6.45, 7) is 20.7. The van der Waals surface area contributed by atoms with Crippen LogP contribution in [0.4, 0.5) is 0 Å². The maximum absolute atomic E-state index is 2.66. The van der Waals surface area contributed by atoms with Crippen LogP contribution in [-0.2, 0) is 16.2 Å². The zero-order chi connectivity index (χ0) is 55.8. The van der Waals surface area contributed by atoms with Gasteiger partial charge in [-0.05, 0) is 194 Å². The molecule has 0 unspecified atom stereocenters. The van der Waals surface area contributed by atoms with Crippen molar-refractivity contribution in [2.75, 3.05) is 0 Å². The lowest BCUT2D eigenvalue weighted by Gasteiger charge is -2.34. The van der Waals surface area contributed by atoms with Crippen molar-refractivity contribution in [3.05, 3.63) is 251 Å². The van der Waals surface area contributed by atoms with Gasteiger partial charge in [-0.3, -0.25) is 0 Å². The van der Waals surface area contributed by atoms with Crippen LogP contribution in [0, 0.1) is 13.8 Å². The first kappa shape index (κ1) is 52.3. The quantitative estimate of drug-likeness (QED) is 0.101. The SMILES string of the molecule is CCCCCCCCC1(c2ccc3c(-c4ccccc4)c4c(c(-c5ccccc5)c3c2)-c2ccc(-c3cc(-c5ccc(C(C)(C)C)cc5)cc(-c5ccc(C(C)(C)C)cc5)c3)c3cccc-4c23)c2cc(C)ccc2-c2ccc(C)cc21. The number of hydrogen-bond acceptors (Lipinski definition) is 0. The highest BCUT2D eigenvalue weighted by Gasteiger charge is 2.45. The van der Waals surface area contributed by atoms with Crippen LogP contribution in [0.1, 0.15) is 132 Å². The molecule has 0 heteroatoms. The van der Waals surface area contributed by atoms with Gasteiger partial charge < -0.3 is 0 Å². The summed E-state index contributed by atoms with van der Waals surface area (Å²) < 4.78 is 0. The molecule has 0 aliphatic heterocycles. The van der Waals surface area contributed by atoms with Gasteiger partial charge in [-0.25, -0.2) is 0 Å². The van der Waals surface area contributed by atoms with Gasteiger partial charge in [0.1, 0.15) is 0 Å². The van der Waals surface area contributed by atoms with Crippen molar-refractivity contribution in [2.24, 2.45) is 0 Å². The summed E-state index contributed by atoms with van der Waals surface area (Å²) in [6.07, 6.45) is 8.63. The number of rotatable bonds is 13. The van der Waals surface area contributed by atoms with E-state index >= 15 is 0 Å². The molecular weight excluding hydrogens is 973 g/mol. The van der Waals surface area contributed by atoms with Crippen LogP contribution in [0.5, 0.6) is 0 Å². The second-order valence-electron chi connectivity index (χ2n) is 25.9. The zero-order valence-electron chi connectivity index (χ0n) is 49.2. The summed E-state index contributed by atoms with van der Waals surface area (Å²) in [7, 11) is 0. The number of fused-ring (bicyclic) bond motifs is 7. The van der Waals surface area contributed by atoms with Crippen LogP contribution < -0.4 is 0 Å². The number of benzene rings is 11. The standard InChI is InChI=1S/C81H76/c1-10-11-12-13-14-21-45-81(72-46-52(2)29-40-65(72)66-41-30-53(3)47-73(66)81)63-39-42-68-71(51-63)75(57-25-19-16-20-26-57)78-70-44-43-64(67-27-22-28-69(76(67)70)77(78)74(68)56-23-17-15-18-24-56)60-49-58(54-31-35-61(36-32-54)79(4,5)6)48-59(50-60)55-33-37-62(38-34-55)80(7,8)9/h15-20,22-44,46-51H,10-14,21,45H2,1-9H3. The molecule has 0 saturated carbocycles. The summed E-state index contributed by atoms with van der Waals surface area (Å²) in [5, 5.41) is 5.21. The van der Waals surface area contributed by atoms with Crippen molar-refractivity contribution in [2.45, 2.75) is 124 Å². The molecule has 2 aliphatic carbocycles. The minimum Gasteiger partial charge on any atom is -0.0654 e. The molecule has 0 bridgehead atoms. The summed E-state index contributed by atoms with van der Waals surface area (Å²) in [5.74, 6) is 0. The first-order chi connectivity index (χ1) is 39.2. The lowest BCUT2D eigenvalue weighted by molar-refractivity contribution is 0.506. The van der Waals surface area contributed by atoms with E-state index in [1.165, 1.54) is 188 Å². The molecule has 0 spiro atoms. The average molecular weight is 1050 g/mol. The Kier molecular flexibility index (Phi) is 13.2. The van der Waals surface area contributed by atoms with E-state index < -0.39 is 0 Å². The Balaban J connectivity index is 1.07. The van der Waals surface area contributed by atoms with Crippen molar-refractivity contribution >= 4 is 21.5 Å². The summed E-state index contributed by atoms with van der Waals surface area (Å²) in [5.41, 5.74) is 30.0. The highest BCUT2D eigenvalue weighted by molar-refractivity contribution is 6.29.